The summed E-state index contributed by atoms with van der Waals surface area (Å²) in [5.41, 5.74) is 1.76. The smallest absolute Gasteiger partial charge is 0.156 e. The van der Waals surface area contributed by atoms with E-state index in [1.165, 1.54) is 5.56 Å². The van der Waals surface area contributed by atoms with Crippen molar-refractivity contribution >= 4 is 5.78 Å². The average Bonchev–Trinajstić information content (AvgIpc) is 2.50. The summed E-state index contributed by atoms with van der Waals surface area (Å²) in [6.45, 7) is 0. The highest BCUT2D eigenvalue weighted by Crippen LogP contribution is 2.16. The van der Waals surface area contributed by atoms with Crippen molar-refractivity contribution in [2.45, 2.75) is 25.2 Å². The van der Waals surface area contributed by atoms with E-state index in [0.29, 0.717) is 12.1 Å². The Hall–Kier alpha value is -2.47. The van der Waals surface area contributed by atoms with Crippen LogP contribution in [-0.4, -0.2) is 10.8 Å². The number of aryl methyl sites for hydroxylation is 1. The molecule has 20 heavy (non-hydrogen) atoms. The summed E-state index contributed by atoms with van der Waals surface area (Å²) < 4.78 is 0. The van der Waals surface area contributed by atoms with Crippen LogP contribution in [0.4, 0.5) is 0 Å². The minimum Gasteiger partial charge on any atom is -0.298 e. The number of Topliss-reactive ketones (excluding diaryl/α,β-unsaturated/α-hetero) is 1. The molecule has 0 radical (unpaired) electrons. The minimum atomic E-state index is -0.744. The normalized spacial score (nSPS) is 11.6. The van der Waals surface area contributed by atoms with Crippen molar-refractivity contribution in [1.29, 1.82) is 5.26 Å². The number of hydrogen-bond donors (Lipinski definition) is 0. The van der Waals surface area contributed by atoms with Gasteiger partial charge in [-0.05, 0) is 30.5 Å². The Kier molecular flexibility index (Phi) is 5.02. The van der Waals surface area contributed by atoms with Gasteiger partial charge in [0.15, 0.2) is 5.78 Å². The van der Waals surface area contributed by atoms with Gasteiger partial charge in [-0.2, -0.15) is 5.26 Å². The largest absolute Gasteiger partial charge is 0.298 e. The highest BCUT2D eigenvalue weighted by atomic mass is 16.1. The maximum atomic E-state index is 12.1. The molecule has 0 aliphatic rings. The van der Waals surface area contributed by atoms with Crippen LogP contribution in [0.25, 0.3) is 0 Å². The average molecular weight is 264 g/mol. The second kappa shape index (κ2) is 7.20. The van der Waals surface area contributed by atoms with Crippen LogP contribution in [0.2, 0.25) is 0 Å². The lowest BCUT2D eigenvalue weighted by Gasteiger charge is -2.07. The Labute approximate surface area is 118 Å². The van der Waals surface area contributed by atoms with E-state index in [1.54, 1.807) is 24.4 Å². The number of carbonyl (C=O) groups is 1. The van der Waals surface area contributed by atoms with Gasteiger partial charge in [-0.1, -0.05) is 36.4 Å². The minimum absolute atomic E-state index is 0.0536. The standard InChI is InChI=1S/C17H16N2O/c18-13-15(16-10-4-5-12-19-16)17(20)11-6-9-14-7-2-1-3-8-14/h1-5,7-8,10,12,15H,6,9,11H2. The first-order valence-corrected chi connectivity index (χ1v) is 6.68. The third-order valence-corrected chi connectivity index (χ3v) is 3.17. The predicted octanol–water partition coefficient (Wildman–Crippen LogP) is 3.28. The highest BCUT2D eigenvalue weighted by molar-refractivity contribution is 5.87. The first-order chi connectivity index (χ1) is 9.81. The van der Waals surface area contributed by atoms with Gasteiger partial charge in [-0.3, -0.25) is 9.78 Å². The first-order valence-electron chi connectivity index (χ1n) is 6.68. The fourth-order valence-electron chi connectivity index (χ4n) is 2.11. The molecule has 0 aliphatic carbocycles. The quantitative estimate of drug-likeness (QED) is 0.804. The zero-order chi connectivity index (χ0) is 14.2. The zero-order valence-corrected chi connectivity index (χ0v) is 11.2. The Morgan fingerprint density at radius 1 is 1.15 bits per heavy atom. The van der Waals surface area contributed by atoms with Gasteiger partial charge in [0.25, 0.3) is 0 Å². The van der Waals surface area contributed by atoms with Gasteiger partial charge < -0.3 is 0 Å². The van der Waals surface area contributed by atoms with Gasteiger partial charge in [-0.25, -0.2) is 0 Å². The van der Waals surface area contributed by atoms with E-state index >= 15 is 0 Å². The summed E-state index contributed by atoms with van der Waals surface area (Å²) in [5, 5.41) is 9.16. The van der Waals surface area contributed by atoms with Gasteiger partial charge >= 0.3 is 0 Å². The van der Waals surface area contributed by atoms with Crippen LogP contribution in [0.5, 0.6) is 0 Å². The second-order valence-corrected chi connectivity index (χ2v) is 4.62. The number of aromatic nitrogens is 1. The molecule has 3 nitrogen and oxygen atoms in total. The predicted molar refractivity (Wildman–Crippen MR) is 77.0 cm³/mol. The van der Waals surface area contributed by atoms with Gasteiger partial charge in [0.05, 0.1) is 11.8 Å². The van der Waals surface area contributed by atoms with Crippen molar-refractivity contribution in [2.75, 3.05) is 0 Å². The third kappa shape index (κ3) is 3.76. The van der Waals surface area contributed by atoms with Crippen LogP contribution in [0.3, 0.4) is 0 Å². The molecule has 1 unspecified atom stereocenters. The molecule has 100 valence electrons. The third-order valence-electron chi connectivity index (χ3n) is 3.17. The lowest BCUT2D eigenvalue weighted by molar-refractivity contribution is -0.119. The monoisotopic (exact) mass is 264 g/mol. The fraction of sp³-hybridized carbons (Fsp3) is 0.235. The fourth-order valence-corrected chi connectivity index (χ4v) is 2.11. The first kappa shape index (κ1) is 14.0. The molecule has 2 aromatic rings. The van der Waals surface area contributed by atoms with Crippen molar-refractivity contribution in [3.63, 3.8) is 0 Å². The van der Waals surface area contributed by atoms with E-state index < -0.39 is 5.92 Å². The van der Waals surface area contributed by atoms with Crippen LogP contribution in [0, 0.1) is 11.3 Å². The van der Waals surface area contributed by atoms with Gasteiger partial charge in [0.2, 0.25) is 0 Å². The highest BCUT2D eigenvalue weighted by Gasteiger charge is 2.20. The Morgan fingerprint density at radius 3 is 2.55 bits per heavy atom. The molecule has 1 heterocycles. The topological polar surface area (TPSA) is 53.8 Å². The number of benzene rings is 1. The van der Waals surface area contributed by atoms with Crippen molar-refractivity contribution in [2.24, 2.45) is 0 Å². The number of rotatable bonds is 6. The van der Waals surface area contributed by atoms with Crippen LogP contribution in [-0.2, 0) is 11.2 Å². The summed E-state index contributed by atoms with van der Waals surface area (Å²) >= 11 is 0. The van der Waals surface area contributed by atoms with E-state index in [0.717, 1.165) is 12.8 Å². The molecule has 0 fully saturated rings. The zero-order valence-electron chi connectivity index (χ0n) is 11.2. The molecule has 0 spiro atoms. The Morgan fingerprint density at radius 2 is 1.90 bits per heavy atom. The molecule has 1 atom stereocenters. The van der Waals surface area contributed by atoms with Crippen molar-refractivity contribution in [1.82, 2.24) is 4.98 Å². The summed E-state index contributed by atoms with van der Waals surface area (Å²) in [7, 11) is 0. The second-order valence-electron chi connectivity index (χ2n) is 4.62. The molecule has 0 saturated carbocycles. The lowest BCUT2D eigenvalue weighted by Crippen LogP contribution is -2.12. The molecule has 0 saturated heterocycles. The van der Waals surface area contributed by atoms with Gasteiger partial charge in [0, 0.05) is 12.6 Å². The van der Waals surface area contributed by atoms with E-state index in [1.807, 2.05) is 30.3 Å². The molecule has 2 rings (SSSR count). The molecule has 0 amide bonds. The van der Waals surface area contributed by atoms with Crippen LogP contribution in [0.1, 0.15) is 30.0 Å². The van der Waals surface area contributed by atoms with Gasteiger partial charge in [0.1, 0.15) is 5.92 Å². The van der Waals surface area contributed by atoms with Crippen molar-refractivity contribution in [3.05, 3.63) is 66.0 Å². The molecule has 1 aromatic heterocycles. The summed E-state index contributed by atoms with van der Waals surface area (Å²) in [6.07, 6.45) is 3.63. The van der Waals surface area contributed by atoms with Crippen molar-refractivity contribution < 1.29 is 4.79 Å². The van der Waals surface area contributed by atoms with Crippen LogP contribution >= 0.6 is 0 Å². The number of pyridine rings is 1. The molecule has 0 bridgehead atoms. The maximum absolute atomic E-state index is 12.1. The summed E-state index contributed by atoms with van der Waals surface area (Å²) in [4.78, 5) is 16.2. The number of nitrogens with zero attached hydrogens (tertiary/aromatic N) is 2. The lowest BCUT2D eigenvalue weighted by atomic mass is 9.96. The van der Waals surface area contributed by atoms with E-state index in [2.05, 4.69) is 11.1 Å². The van der Waals surface area contributed by atoms with Gasteiger partial charge in [-0.15, -0.1) is 0 Å². The van der Waals surface area contributed by atoms with E-state index in [-0.39, 0.29) is 5.78 Å². The van der Waals surface area contributed by atoms with Crippen LogP contribution in [0.15, 0.2) is 54.7 Å². The number of nitriles is 1. The van der Waals surface area contributed by atoms with Crippen molar-refractivity contribution in [3.8, 4) is 6.07 Å². The molecule has 3 heteroatoms. The molecule has 1 aromatic carbocycles. The molecular formula is C17H16N2O. The maximum Gasteiger partial charge on any atom is 0.156 e. The number of hydrogen-bond acceptors (Lipinski definition) is 3. The van der Waals surface area contributed by atoms with Crippen LogP contribution < -0.4 is 0 Å². The SMILES string of the molecule is N#CC(C(=O)CCCc1ccccc1)c1ccccn1. The van der Waals surface area contributed by atoms with E-state index in [4.69, 9.17) is 5.26 Å². The molecule has 0 aliphatic heterocycles. The number of ketones is 1. The molecule has 0 N–H and O–H groups in total. The Bertz CT molecular complexity index is 587. The number of carbonyl (C=O) groups excluding carboxylic acids is 1. The summed E-state index contributed by atoms with van der Waals surface area (Å²) in [5.74, 6) is -0.797. The molecular weight excluding hydrogens is 248 g/mol. The van der Waals surface area contributed by atoms with E-state index in [9.17, 15) is 4.79 Å². The summed E-state index contributed by atoms with van der Waals surface area (Å²) in [6, 6.07) is 17.4. The Balaban J connectivity index is 1.89.